The number of benzene rings is 1. The summed E-state index contributed by atoms with van der Waals surface area (Å²) in [6, 6.07) is 9.17. The average Bonchev–Trinajstić information content (AvgIpc) is 2.34. The first-order chi connectivity index (χ1) is 4.88. The van der Waals surface area contributed by atoms with Crippen molar-refractivity contribution < 1.29 is 0 Å². The number of rotatable bonds is 0. The highest BCUT2D eigenvalue weighted by Crippen LogP contribution is 2.23. The van der Waals surface area contributed by atoms with Gasteiger partial charge in [0, 0.05) is 4.70 Å². The Morgan fingerprint density at radius 2 is 2.40 bits per heavy atom. The highest BCUT2D eigenvalue weighted by molar-refractivity contribution is 7.17. The molecule has 2 aromatic rings. The van der Waals surface area contributed by atoms with Crippen LogP contribution < -0.4 is 0 Å². The third-order valence-corrected chi connectivity index (χ3v) is 2.69. The Labute approximate surface area is 64.1 Å². The molecule has 1 heteroatoms. The molecule has 0 aliphatic rings. The van der Waals surface area contributed by atoms with Gasteiger partial charge < -0.3 is 0 Å². The molecular weight excluding hydrogens is 140 g/mol. The summed E-state index contributed by atoms with van der Waals surface area (Å²) in [5, 5.41) is 3.52. The lowest BCUT2D eigenvalue weighted by atomic mass is 10.2. The van der Waals surface area contributed by atoms with Crippen LogP contribution in [0.3, 0.4) is 0 Å². The third-order valence-electron chi connectivity index (χ3n) is 1.61. The summed E-state index contributed by atoms with van der Waals surface area (Å²) in [7, 11) is 0. The standard InChI is InChI=1S/C9H7S/c1-7-6-10-9-5-3-2-4-8(7)9/h3-6H,1H3. The highest BCUT2D eigenvalue weighted by Gasteiger charge is 1.95. The molecule has 0 unspecified atom stereocenters. The van der Waals surface area contributed by atoms with Crippen molar-refractivity contribution in [3.63, 3.8) is 0 Å². The normalized spacial score (nSPS) is 10.5. The van der Waals surface area contributed by atoms with Gasteiger partial charge in [0.2, 0.25) is 0 Å². The molecule has 0 aliphatic heterocycles. The third kappa shape index (κ3) is 0.745. The van der Waals surface area contributed by atoms with E-state index in [4.69, 9.17) is 0 Å². The van der Waals surface area contributed by atoms with Crippen LogP contribution in [0.15, 0.2) is 23.6 Å². The van der Waals surface area contributed by atoms with Gasteiger partial charge in [-0.2, -0.15) is 0 Å². The molecular formula is C9H7S. The van der Waals surface area contributed by atoms with Crippen LogP contribution >= 0.6 is 11.3 Å². The van der Waals surface area contributed by atoms with E-state index in [9.17, 15) is 0 Å². The van der Waals surface area contributed by atoms with E-state index in [0.29, 0.717) is 0 Å². The van der Waals surface area contributed by atoms with Gasteiger partial charge in [-0.25, -0.2) is 0 Å². The van der Waals surface area contributed by atoms with E-state index in [-0.39, 0.29) is 0 Å². The lowest BCUT2D eigenvalue weighted by Gasteiger charge is -1.86. The SMILES string of the molecule is Cc1csc2cc[c]cc12. The molecule has 0 fully saturated rings. The van der Waals surface area contributed by atoms with Crippen molar-refractivity contribution >= 4 is 21.4 Å². The Morgan fingerprint density at radius 3 is 3.20 bits per heavy atom. The van der Waals surface area contributed by atoms with Crippen molar-refractivity contribution in [3.05, 3.63) is 35.2 Å². The summed E-state index contributed by atoms with van der Waals surface area (Å²) in [5.74, 6) is 0. The summed E-state index contributed by atoms with van der Waals surface area (Å²) >= 11 is 1.79. The average molecular weight is 147 g/mol. The van der Waals surface area contributed by atoms with Gasteiger partial charge in [0.25, 0.3) is 0 Å². The fourth-order valence-corrected chi connectivity index (χ4v) is 1.97. The fraction of sp³-hybridized carbons (Fsp3) is 0.111. The number of aryl methyl sites for hydroxylation is 1. The van der Waals surface area contributed by atoms with E-state index >= 15 is 0 Å². The highest BCUT2D eigenvalue weighted by atomic mass is 32.1. The Bertz CT molecular complexity index is 346. The fourth-order valence-electron chi connectivity index (χ4n) is 1.04. The van der Waals surface area contributed by atoms with E-state index < -0.39 is 0 Å². The van der Waals surface area contributed by atoms with Crippen LogP contribution in [-0.2, 0) is 0 Å². The molecule has 0 N–H and O–H groups in total. The monoisotopic (exact) mass is 147 g/mol. The molecule has 0 amide bonds. The summed E-state index contributed by atoms with van der Waals surface area (Å²) in [4.78, 5) is 0. The predicted molar refractivity (Wildman–Crippen MR) is 45.4 cm³/mol. The van der Waals surface area contributed by atoms with Gasteiger partial charge in [-0.15, -0.1) is 11.3 Å². The molecule has 1 heterocycles. The maximum atomic E-state index is 3.07. The largest absolute Gasteiger partial charge is 0.144 e. The zero-order valence-corrected chi connectivity index (χ0v) is 6.53. The van der Waals surface area contributed by atoms with E-state index in [1.807, 2.05) is 12.1 Å². The predicted octanol–water partition coefficient (Wildman–Crippen LogP) is 3.01. The smallest absolute Gasteiger partial charge is 0.0345 e. The van der Waals surface area contributed by atoms with Crippen LogP contribution in [0, 0.1) is 13.0 Å². The topological polar surface area (TPSA) is 0 Å². The van der Waals surface area contributed by atoms with Crippen molar-refractivity contribution in [1.29, 1.82) is 0 Å². The van der Waals surface area contributed by atoms with Gasteiger partial charge in [-0.3, -0.25) is 0 Å². The Balaban J connectivity index is 2.93. The second kappa shape index (κ2) is 2.10. The summed E-state index contributed by atoms with van der Waals surface area (Å²) < 4.78 is 1.36. The molecule has 1 aromatic carbocycles. The quantitative estimate of drug-likeness (QED) is 0.537. The Hall–Kier alpha value is -0.820. The second-order valence-corrected chi connectivity index (χ2v) is 3.25. The first-order valence-corrected chi connectivity index (χ1v) is 4.10. The van der Waals surface area contributed by atoms with Gasteiger partial charge in [0.15, 0.2) is 0 Å². The molecule has 0 saturated carbocycles. The minimum atomic E-state index is 1.34. The number of thiophene rings is 1. The maximum Gasteiger partial charge on any atom is 0.0345 e. The Kier molecular flexibility index (Phi) is 1.24. The van der Waals surface area contributed by atoms with Gasteiger partial charge in [0.05, 0.1) is 0 Å². The van der Waals surface area contributed by atoms with Crippen molar-refractivity contribution in [3.8, 4) is 0 Å². The van der Waals surface area contributed by atoms with E-state index in [1.54, 1.807) is 11.3 Å². The van der Waals surface area contributed by atoms with Gasteiger partial charge >= 0.3 is 0 Å². The van der Waals surface area contributed by atoms with E-state index in [0.717, 1.165) is 0 Å². The summed E-state index contributed by atoms with van der Waals surface area (Å²) in [6.07, 6.45) is 0. The van der Waals surface area contributed by atoms with E-state index in [2.05, 4.69) is 24.4 Å². The van der Waals surface area contributed by atoms with Crippen LogP contribution in [0.2, 0.25) is 0 Å². The zero-order chi connectivity index (χ0) is 6.97. The van der Waals surface area contributed by atoms with E-state index in [1.165, 1.54) is 15.6 Å². The van der Waals surface area contributed by atoms with Crippen LogP contribution in [0.25, 0.3) is 10.1 Å². The summed E-state index contributed by atoms with van der Waals surface area (Å²) in [5.41, 5.74) is 1.36. The number of hydrogen-bond donors (Lipinski definition) is 0. The molecule has 0 nitrogen and oxygen atoms in total. The van der Waals surface area contributed by atoms with Crippen molar-refractivity contribution in [2.24, 2.45) is 0 Å². The summed E-state index contributed by atoms with van der Waals surface area (Å²) in [6.45, 7) is 2.13. The van der Waals surface area contributed by atoms with Crippen molar-refractivity contribution in [2.45, 2.75) is 6.92 Å². The molecule has 49 valence electrons. The van der Waals surface area contributed by atoms with Crippen LogP contribution in [0.5, 0.6) is 0 Å². The van der Waals surface area contributed by atoms with Crippen LogP contribution in [-0.4, -0.2) is 0 Å². The number of fused-ring (bicyclic) bond motifs is 1. The molecule has 2 rings (SSSR count). The molecule has 1 radical (unpaired) electrons. The Morgan fingerprint density at radius 1 is 1.50 bits per heavy atom. The van der Waals surface area contributed by atoms with Crippen LogP contribution in [0.4, 0.5) is 0 Å². The van der Waals surface area contributed by atoms with Crippen molar-refractivity contribution in [2.75, 3.05) is 0 Å². The second-order valence-electron chi connectivity index (χ2n) is 2.34. The van der Waals surface area contributed by atoms with Crippen LogP contribution in [0.1, 0.15) is 5.56 Å². The minimum Gasteiger partial charge on any atom is -0.144 e. The number of hydrogen-bond acceptors (Lipinski definition) is 1. The molecule has 0 atom stereocenters. The molecule has 0 spiro atoms. The van der Waals surface area contributed by atoms with Crippen molar-refractivity contribution in [1.82, 2.24) is 0 Å². The minimum absolute atomic E-state index is 1.34. The van der Waals surface area contributed by atoms with Gasteiger partial charge in [0.1, 0.15) is 0 Å². The lowest BCUT2D eigenvalue weighted by Crippen LogP contribution is -1.64. The molecule has 0 bridgehead atoms. The first kappa shape index (κ1) is 5.93. The lowest BCUT2D eigenvalue weighted by molar-refractivity contribution is 1.60. The molecule has 10 heavy (non-hydrogen) atoms. The van der Waals surface area contributed by atoms with Gasteiger partial charge in [-0.1, -0.05) is 6.07 Å². The van der Waals surface area contributed by atoms with Gasteiger partial charge in [-0.05, 0) is 41.5 Å². The molecule has 0 saturated heterocycles. The molecule has 1 aromatic heterocycles. The zero-order valence-electron chi connectivity index (χ0n) is 5.72. The molecule has 0 aliphatic carbocycles. The first-order valence-electron chi connectivity index (χ1n) is 3.22. The maximum absolute atomic E-state index is 3.07.